The third kappa shape index (κ3) is 5.02. The Balaban J connectivity index is 0. The minimum absolute atomic E-state index is 0. The van der Waals surface area contributed by atoms with Crippen molar-refractivity contribution in [3.05, 3.63) is 35.9 Å². The fourth-order valence-corrected chi connectivity index (χ4v) is 0.735. The second-order valence-electron chi connectivity index (χ2n) is 2.01. The zero-order valence-corrected chi connectivity index (χ0v) is 11.1. The quantitative estimate of drug-likeness (QED) is 0.369. The molecule has 66 valence electrons. The summed E-state index contributed by atoms with van der Waals surface area (Å²) >= 11 is 0. The van der Waals surface area contributed by atoms with Gasteiger partial charge in [-0.1, -0.05) is 5.56 Å². The van der Waals surface area contributed by atoms with E-state index < -0.39 is 0 Å². The van der Waals surface area contributed by atoms with Crippen LogP contribution in [0.1, 0.15) is 17.3 Å². The van der Waals surface area contributed by atoms with Crippen LogP contribution in [0.4, 0.5) is 0 Å². The van der Waals surface area contributed by atoms with E-state index in [4.69, 9.17) is 4.74 Å². The van der Waals surface area contributed by atoms with Gasteiger partial charge in [-0.3, -0.25) is 4.79 Å². The molecule has 0 aliphatic heterocycles. The molecule has 0 heterocycles. The SMILES string of the molecule is CCOC(=O)c1c[c-]ccc1.[Cl-].[Zn+2]. The third-order valence-electron chi connectivity index (χ3n) is 1.22. The van der Waals surface area contributed by atoms with Crippen LogP contribution in [-0.4, -0.2) is 12.6 Å². The summed E-state index contributed by atoms with van der Waals surface area (Å²) in [6.07, 6.45) is 0. The Bertz CT molecular complexity index is 239. The number of halogens is 1. The smallest absolute Gasteiger partial charge is 1.00 e. The molecule has 0 atom stereocenters. The van der Waals surface area contributed by atoms with E-state index in [1.807, 2.05) is 0 Å². The van der Waals surface area contributed by atoms with Gasteiger partial charge in [-0.05, 0) is 6.92 Å². The fraction of sp³-hybridized carbons (Fsp3) is 0.222. The minimum Gasteiger partial charge on any atom is -1.00 e. The molecule has 0 N–H and O–H groups in total. The molecule has 0 unspecified atom stereocenters. The van der Waals surface area contributed by atoms with Crippen LogP contribution >= 0.6 is 0 Å². The molecular formula is C9H9ClO2Zn. The zero-order valence-electron chi connectivity index (χ0n) is 7.42. The topological polar surface area (TPSA) is 26.3 Å². The maximum Gasteiger partial charge on any atom is 2.00 e. The van der Waals surface area contributed by atoms with E-state index in [0.29, 0.717) is 12.2 Å². The van der Waals surface area contributed by atoms with Crippen LogP contribution in [-0.2, 0) is 24.2 Å². The largest absolute Gasteiger partial charge is 2.00 e. The van der Waals surface area contributed by atoms with Crippen LogP contribution in [0.5, 0.6) is 0 Å². The maximum atomic E-state index is 11.0. The average Bonchev–Trinajstić information content (AvgIpc) is 2.07. The number of ether oxygens (including phenoxy) is 1. The molecule has 1 rings (SSSR count). The van der Waals surface area contributed by atoms with Gasteiger partial charge in [0, 0.05) is 0 Å². The Morgan fingerprint density at radius 2 is 2.31 bits per heavy atom. The summed E-state index contributed by atoms with van der Waals surface area (Å²) in [6, 6.07) is 9.61. The van der Waals surface area contributed by atoms with Crippen LogP contribution in [0.3, 0.4) is 0 Å². The number of esters is 1. The van der Waals surface area contributed by atoms with E-state index in [1.165, 1.54) is 0 Å². The Morgan fingerprint density at radius 1 is 1.62 bits per heavy atom. The van der Waals surface area contributed by atoms with E-state index in [9.17, 15) is 4.79 Å². The van der Waals surface area contributed by atoms with Crippen LogP contribution in [0.2, 0.25) is 0 Å². The predicted molar refractivity (Wildman–Crippen MR) is 41.2 cm³/mol. The first kappa shape index (κ1) is 15.1. The second kappa shape index (κ2) is 8.21. The van der Waals surface area contributed by atoms with E-state index in [-0.39, 0.29) is 37.9 Å². The molecule has 0 aromatic heterocycles. The van der Waals surface area contributed by atoms with Crippen molar-refractivity contribution in [2.75, 3.05) is 6.61 Å². The summed E-state index contributed by atoms with van der Waals surface area (Å²) in [5.41, 5.74) is 0.550. The van der Waals surface area contributed by atoms with Crippen LogP contribution in [0, 0.1) is 6.07 Å². The molecule has 1 aromatic carbocycles. The van der Waals surface area contributed by atoms with E-state index in [0.717, 1.165) is 0 Å². The van der Waals surface area contributed by atoms with Crippen molar-refractivity contribution in [2.24, 2.45) is 0 Å². The van der Waals surface area contributed by atoms with Crippen molar-refractivity contribution in [2.45, 2.75) is 6.92 Å². The molecule has 0 fully saturated rings. The van der Waals surface area contributed by atoms with E-state index in [2.05, 4.69) is 6.07 Å². The molecule has 1 aromatic rings. The second-order valence-corrected chi connectivity index (χ2v) is 2.01. The van der Waals surface area contributed by atoms with Crippen LogP contribution in [0.25, 0.3) is 0 Å². The van der Waals surface area contributed by atoms with Gasteiger partial charge in [0.05, 0.1) is 6.61 Å². The first-order chi connectivity index (χ1) is 5.34. The fourth-order valence-electron chi connectivity index (χ4n) is 0.735. The number of carbonyl (C=O) groups is 1. The molecule has 0 saturated carbocycles. The van der Waals surface area contributed by atoms with Gasteiger partial charge in [0.15, 0.2) is 0 Å². The Kier molecular flexibility index (Phi) is 9.54. The van der Waals surface area contributed by atoms with Gasteiger partial charge in [0.1, 0.15) is 0 Å². The first-order valence-corrected chi connectivity index (χ1v) is 3.48. The van der Waals surface area contributed by atoms with Gasteiger partial charge >= 0.3 is 19.5 Å². The van der Waals surface area contributed by atoms with Crippen LogP contribution in [0.15, 0.2) is 24.3 Å². The van der Waals surface area contributed by atoms with Gasteiger partial charge in [-0.25, -0.2) is 0 Å². The summed E-state index contributed by atoms with van der Waals surface area (Å²) in [5.74, 6) is -0.288. The number of carbonyl (C=O) groups excluding carboxylic acids is 1. The van der Waals surface area contributed by atoms with Gasteiger partial charge < -0.3 is 17.1 Å². The molecule has 0 radical (unpaired) electrons. The summed E-state index contributed by atoms with van der Waals surface area (Å²) in [4.78, 5) is 11.0. The van der Waals surface area contributed by atoms with Crippen molar-refractivity contribution in [3.63, 3.8) is 0 Å². The standard InChI is InChI=1S/C9H9O2.ClH.Zn/c1-2-11-9(10)8-6-4-3-5-7-8;;/h3-4,6-7H,2H2,1H3;1H;/q-1;;+2/p-1. The van der Waals surface area contributed by atoms with Crippen molar-refractivity contribution < 1.29 is 41.4 Å². The van der Waals surface area contributed by atoms with Crippen molar-refractivity contribution in [1.29, 1.82) is 0 Å². The molecule has 0 saturated heterocycles. The normalized spacial score (nSPS) is 7.77. The molecule has 4 heteroatoms. The number of benzene rings is 1. The third-order valence-corrected chi connectivity index (χ3v) is 1.22. The first-order valence-electron chi connectivity index (χ1n) is 3.48. The summed E-state index contributed by atoms with van der Waals surface area (Å²) < 4.78 is 4.77. The Labute approximate surface area is 96.8 Å². The van der Waals surface area contributed by atoms with Gasteiger partial charge in [-0.15, -0.1) is 0 Å². The molecule has 2 nitrogen and oxygen atoms in total. The minimum atomic E-state index is -0.288. The molecular weight excluding hydrogens is 241 g/mol. The van der Waals surface area contributed by atoms with Crippen molar-refractivity contribution in [1.82, 2.24) is 0 Å². The van der Waals surface area contributed by atoms with Gasteiger partial charge in [0.25, 0.3) is 5.97 Å². The average molecular weight is 250 g/mol. The Morgan fingerprint density at radius 3 is 2.77 bits per heavy atom. The molecule has 0 spiro atoms. The summed E-state index contributed by atoms with van der Waals surface area (Å²) in [7, 11) is 0. The molecule has 0 bridgehead atoms. The van der Waals surface area contributed by atoms with E-state index >= 15 is 0 Å². The van der Waals surface area contributed by atoms with Crippen molar-refractivity contribution >= 4 is 5.97 Å². The van der Waals surface area contributed by atoms with E-state index in [1.54, 1.807) is 31.2 Å². The predicted octanol–water partition coefficient (Wildman–Crippen LogP) is -1.34. The zero-order chi connectivity index (χ0) is 8.10. The number of hydrogen-bond donors (Lipinski definition) is 0. The number of hydrogen-bond acceptors (Lipinski definition) is 2. The van der Waals surface area contributed by atoms with Gasteiger partial charge in [0.2, 0.25) is 0 Å². The summed E-state index contributed by atoms with van der Waals surface area (Å²) in [5, 5.41) is 0. The van der Waals surface area contributed by atoms with Crippen LogP contribution < -0.4 is 12.4 Å². The molecule has 13 heavy (non-hydrogen) atoms. The maximum absolute atomic E-state index is 11.0. The molecule has 0 amide bonds. The monoisotopic (exact) mass is 248 g/mol. The Hall–Kier alpha value is -0.397. The molecule has 0 aliphatic carbocycles. The van der Waals surface area contributed by atoms with Gasteiger partial charge in [-0.2, -0.15) is 30.3 Å². The summed E-state index contributed by atoms with van der Waals surface area (Å²) in [6.45, 7) is 2.19. The number of rotatable bonds is 2. The van der Waals surface area contributed by atoms with Crippen molar-refractivity contribution in [3.8, 4) is 0 Å². The molecule has 0 aliphatic rings.